The zero-order chi connectivity index (χ0) is 43.1. The summed E-state index contributed by atoms with van der Waals surface area (Å²) in [5.74, 6) is 1.64. The molecule has 320 valence electrons. The lowest BCUT2D eigenvalue weighted by molar-refractivity contribution is -0.135. The molecule has 0 aliphatic carbocycles. The minimum absolute atomic E-state index is 0.131. The molecule has 0 saturated carbocycles. The van der Waals surface area contributed by atoms with Gasteiger partial charge in [-0.15, -0.1) is 0 Å². The van der Waals surface area contributed by atoms with E-state index in [1.807, 2.05) is 38.1 Å². The maximum atomic E-state index is 13.8. The third-order valence-electron chi connectivity index (χ3n) is 12.2. The van der Waals surface area contributed by atoms with Crippen LogP contribution in [0.2, 0.25) is 0 Å². The van der Waals surface area contributed by atoms with Crippen molar-refractivity contribution in [2.45, 2.75) is 63.9 Å². The summed E-state index contributed by atoms with van der Waals surface area (Å²) >= 11 is 0. The number of methoxy groups -OCH3 is 2. The van der Waals surface area contributed by atoms with Gasteiger partial charge in [0.25, 0.3) is 0 Å². The Hall–Kier alpha value is -7.10. The maximum Gasteiger partial charge on any atom is 0.407 e. The third kappa shape index (κ3) is 7.49. The molecule has 6 heterocycles. The van der Waals surface area contributed by atoms with Crippen molar-refractivity contribution in [1.29, 1.82) is 0 Å². The number of ether oxygens (including phenoxy) is 3. The highest BCUT2D eigenvalue weighted by molar-refractivity contribution is 5.93. The lowest BCUT2D eigenvalue weighted by atomic mass is 10.0. The lowest BCUT2D eigenvalue weighted by Crippen LogP contribution is -2.51. The standard InChI is InChI=1S/C46H49N9O7/c1-26(2)40(52-46(59)61-4)43(57)54-19-9-13-36(54)42-48-24-33(51-42)29-14-16-31-37-21-30-20-28(15-17-34(30)55(37)44(62-38(31)22-29)27-10-6-5-7-11-27)32-23-47-41(50-32)35-12-8-18-53(35)39(56)25-49-45(58)60-3/h5-7,10-11,14-17,20-24,26,35-36,40,44H,8-9,12-13,18-19,25H2,1-4H3,(H,47,50)(H,48,51)(H,49,58)(H,52,59)/t35-,36-,40-,44?/m0/s1. The summed E-state index contributed by atoms with van der Waals surface area (Å²) in [7, 11) is 2.55. The number of hydrogen-bond donors (Lipinski definition) is 4. The van der Waals surface area contributed by atoms with Gasteiger partial charge in [-0.05, 0) is 61.9 Å². The highest BCUT2D eigenvalue weighted by Crippen LogP contribution is 2.46. The van der Waals surface area contributed by atoms with Crippen LogP contribution in [0, 0.1) is 5.92 Å². The molecule has 4 amide bonds. The van der Waals surface area contributed by atoms with Crippen LogP contribution in [0.4, 0.5) is 9.59 Å². The number of nitrogens with zero attached hydrogens (tertiary/aromatic N) is 5. The van der Waals surface area contributed by atoms with Crippen molar-refractivity contribution in [2.24, 2.45) is 5.92 Å². The number of benzene rings is 3. The molecule has 0 radical (unpaired) electrons. The second-order valence-corrected chi connectivity index (χ2v) is 16.3. The van der Waals surface area contributed by atoms with Crippen LogP contribution in [0.5, 0.6) is 5.75 Å². The second-order valence-electron chi connectivity index (χ2n) is 16.3. The Kier molecular flexibility index (Phi) is 10.9. The summed E-state index contributed by atoms with van der Waals surface area (Å²) in [4.78, 5) is 70.4. The van der Waals surface area contributed by atoms with Gasteiger partial charge in [-0.1, -0.05) is 56.3 Å². The Bertz CT molecular complexity index is 2650. The van der Waals surface area contributed by atoms with E-state index in [0.717, 1.165) is 81.7 Å². The highest BCUT2D eigenvalue weighted by atomic mass is 16.5. The monoisotopic (exact) mass is 839 g/mol. The maximum absolute atomic E-state index is 13.8. The number of imidazole rings is 2. The molecule has 4 N–H and O–H groups in total. The van der Waals surface area contributed by atoms with Crippen LogP contribution in [-0.2, 0) is 19.1 Å². The van der Waals surface area contributed by atoms with Gasteiger partial charge in [0.15, 0.2) is 0 Å². The topological polar surface area (TPSA) is 189 Å². The summed E-state index contributed by atoms with van der Waals surface area (Å²) in [6.45, 7) is 4.81. The van der Waals surface area contributed by atoms with Gasteiger partial charge in [-0.2, -0.15) is 0 Å². The molecule has 3 aliphatic rings. The van der Waals surface area contributed by atoms with Crippen LogP contribution in [0.15, 0.2) is 85.2 Å². The average molecular weight is 840 g/mol. The van der Waals surface area contributed by atoms with Crippen molar-refractivity contribution in [2.75, 3.05) is 33.9 Å². The van der Waals surface area contributed by atoms with E-state index >= 15 is 0 Å². The third-order valence-corrected chi connectivity index (χ3v) is 12.2. The van der Waals surface area contributed by atoms with E-state index in [2.05, 4.69) is 78.4 Å². The number of rotatable bonds is 10. The predicted octanol–water partition coefficient (Wildman–Crippen LogP) is 7.09. The van der Waals surface area contributed by atoms with E-state index in [1.54, 1.807) is 22.2 Å². The van der Waals surface area contributed by atoms with Gasteiger partial charge in [0, 0.05) is 40.7 Å². The van der Waals surface area contributed by atoms with Gasteiger partial charge in [0.1, 0.15) is 30.0 Å². The van der Waals surface area contributed by atoms with E-state index in [0.29, 0.717) is 24.7 Å². The van der Waals surface area contributed by atoms with Gasteiger partial charge < -0.3 is 49.2 Å². The Morgan fingerprint density at radius 3 is 2.13 bits per heavy atom. The lowest BCUT2D eigenvalue weighted by Gasteiger charge is -2.30. The van der Waals surface area contributed by atoms with Gasteiger partial charge in [0.2, 0.25) is 18.0 Å². The normalized spacial score (nSPS) is 18.6. The quantitative estimate of drug-likeness (QED) is 0.112. The first-order chi connectivity index (χ1) is 30.1. The Balaban J connectivity index is 1.00. The Morgan fingerprint density at radius 1 is 0.806 bits per heavy atom. The van der Waals surface area contributed by atoms with E-state index in [-0.39, 0.29) is 36.4 Å². The molecule has 9 rings (SSSR count). The van der Waals surface area contributed by atoms with Crippen LogP contribution >= 0.6 is 0 Å². The number of alkyl carbamates (subject to hydrolysis) is 2. The fourth-order valence-corrected chi connectivity index (χ4v) is 9.04. The molecule has 16 nitrogen and oxygen atoms in total. The molecule has 3 aromatic heterocycles. The number of carbonyl (C=O) groups excluding carboxylic acids is 4. The number of H-pyrrole nitrogens is 2. The first-order valence-electron chi connectivity index (χ1n) is 21.0. The number of aromatic nitrogens is 5. The fraction of sp³-hybridized carbons (Fsp3) is 0.348. The van der Waals surface area contributed by atoms with Gasteiger partial charge in [-0.3, -0.25) is 9.59 Å². The van der Waals surface area contributed by atoms with Crippen LogP contribution in [-0.4, -0.2) is 98.2 Å². The number of carbonyl (C=O) groups is 4. The number of fused-ring (bicyclic) bond motifs is 5. The molecule has 16 heteroatoms. The zero-order valence-corrected chi connectivity index (χ0v) is 35.0. The number of hydrogen-bond acceptors (Lipinski definition) is 9. The number of amides is 4. The molecule has 62 heavy (non-hydrogen) atoms. The number of nitrogens with one attached hydrogen (secondary N) is 4. The molecule has 1 unspecified atom stereocenters. The molecule has 3 aromatic carbocycles. The number of likely N-dealkylation sites (tertiary alicyclic amines) is 2. The Morgan fingerprint density at radius 2 is 1.45 bits per heavy atom. The van der Waals surface area contributed by atoms with Crippen LogP contribution in [0.1, 0.15) is 75.1 Å². The largest absolute Gasteiger partial charge is 0.465 e. The van der Waals surface area contributed by atoms with Crippen molar-refractivity contribution < 1.29 is 33.4 Å². The zero-order valence-electron chi connectivity index (χ0n) is 35.0. The van der Waals surface area contributed by atoms with Gasteiger partial charge >= 0.3 is 12.2 Å². The molecule has 2 fully saturated rings. The fourth-order valence-electron chi connectivity index (χ4n) is 9.04. The smallest absolute Gasteiger partial charge is 0.407 e. The van der Waals surface area contributed by atoms with Crippen molar-refractivity contribution in [3.63, 3.8) is 0 Å². The van der Waals surface area contributed by atoms with Crippen molar-refractivity contribution in [3.8, 4) is 39.5 Å². The van der Waals surface area contributed by atoms with Gasteiger partial charge in [-0.25, -0.2) is 19.6 Å². The average Bonchev–Trinajstić information content (AvgIpc) is 4.15. The molecule has 4 atom stereocenters. The molecule has 0 bridgehead atoms. The highest BCUT2D eigenvalue weighted by Gasteiger charge is 2.38. The molecule has 2 saturated heterocycles. The minimum atomic E-state index is -0.718. The molecular weight excluding hydrogens is 791 g/mol. The summed E-state index contributed by atoms with van der Waals surface area (Å²) in [5, 5.41) is 6.22. The molecule has 0 spiro atoms. The summed E-state index contributed by atoms with van der Waals surface area (Å²) in [6.07, 6.45) is 5.05. The summed E-state index contributed by atoms with van der Waals surface area (Å²) < 4.78 is 18.6. The van der Waals surface area contributed by atoms with Crippen molar-refractivity contribution in [3.05, 3.63) is 102 Å². The first-order valence-corrected chi connectivity index (χ1v) is 21.0. The van der Waals surface area contributed by atoms with Crippen molar-refractivity contribution >= 4 is 34.9 Å². The molecule has 3 aliphatic heterocycles. The van der Waals surface area contributed by atoms with E-state index < -0.39 is 24.5 Å². The predicted molar refractivity (Wildman–Crippen MR) is 230 cm³/mol. The summed E-state index contributed by atoms with van der Waals surface area (Å²) in [5.41, 5.74) is 7.43. The molecule has 6 aromatic rings. The SMILES string of the molecule is COC(=O)NCC(=O)N1CCC[C@H]1c1ncc(-c2ccc3c(c2)cc2n3C(c3ccccc3)Oc3cc(-c4cnc([C@@H]5CCCN5C(=O)[C@@H](NC(=O)OC)C(C)C)[nH]4)ccc3-2)[nH]1. The Labute approximate surface area is 358 Å². The van der Waals surface area contributed by atoms with Crippen LogP contribution < -0.4 is 15.4 Å². The second kappa shape index (κ2) is 16.7. The van der Waals surface area contributed by atoms with Crippen molar-refractivity contribution in [1.82, 2.24) is 44.9 Å². The van der Waals surface area contributed by atoms with E-state index in [9.17, 15) is 19.2 Å². The molecular formula is C46H49N9O7. The minimum Gasteiger partial charge on any atom is -0.465 e. The summed E-state index contributed by atoms with van der Waals surface area (Å²) in [6, 6.07) is 23.6. The van der Waals surface area contributed by atoms with E-state index in [1.165, 1.54) is 14.2 Å². The van der Waals surface area contributed by atoms with Gasteiger partial charge in [0.05, 0.1) is 61.3 Å². The first kappa shape index (κ1) is 40.3. The number of aromatic amines is 2. The van der Waals surface area contributed by atoms with Crippen LogP contribution in [0.25, 0.3) is 44.7 Å². The van der Waals surface area contributed by atoms with E-state index in [4.69, 9.17) is 19.4 Å². The van der Waals surface area contributed by atoms with Crippen LogP contribution in [0.3, 0.4) is 0 Å².